The Morgan fingerprint density at radius 1 is 1.05 bits per heavy atom. The van der Waals surface area contributed by atoms with Gasteiger partial charge in [-0.25, -0.2) is 4.99 Å². The van der Waals surface area contributed by atoms with Crippen LogP contribution >= 0.6 is 0 Å². The summed E-state index contributed by atoms with van der Waals surface area (Å²) in [6.45, 7) is 20.4. The van der Waals surface area contributed by atoms with Crippen LogP contribution in [0.25, 0.3) is 6.08 Å². The fraction of sp³-hybridized carbons (Fsp3) is 0.708. The third-order valence-electron chi connectivity index (χ3n) is 13.4. The third kappa shape index (κ3) is 11.8. The van der Waals surface area contributed by atoms with Gasteiger partial charge in [-0.15, -0.1) is 0 Å². The molecule has 2 saturated heterocycles. The van der Waals surface area contributed by atoms with Crippen molar-refractivity contribution in [2.75, 3.05) is 20.1 Å². The second kappa shape index (κ2) is 21.0. The van der Waals surface area contributed by atoms with Crippen molar-refractivity contribution in [1.29, 1.82) is 0 Å². The monoisotopic (exact) mass is 807 g/mol. The molecule has 10 heteroatoms. The van der Waals surface area contributed by atoms with Gasteiger partial charge in [0.25, 0.3) is 0 Å². The molecular formula is C48H74N2O8. The van der Waals surface area contributed by atoms with Gasteiger partial charge in [0.1, 0.15) is 23.7 Å². The number of ketones is 1. The number of cyclic esters (lactones) is 1. The molecule has 3 fully saturated rings. The first-order chi connectivity index (χ1) is 27.3. The van der Waals surface area contributed by atoms with Crippen LogP contribution in [0.1, 0.15) is 126 Å². The summed E-state index contributed by atoms with van der Waals surface area (Å²) in [6.07, 6.45) is 7.38. The summed E-state index contributed by atoms with van der Waals surface area (Å²) in [5, 5.41) is 24.5. The average molecular weight is 807 g/mol. The summed E-state index contributed by atoms with van der Waals surface area (Å²) >= 11 is 0. The lowest BCUT2D eigenvalue weighted by molar-refractivity contribution is -0.288. The molecule has 1 amide bonds. The zero-order valence-electron chi connectivity index (χ0n) is 37.3. The first-order valence-corrected chi connectivity index (χ1v) is 22.0. The molecule has 1 unspecified atom stereocenters. The first-order valence-electron chi connectivity index (χ1n) is 22.0. The van der Waals surface area contributed by atoms with Crippen LogP contribution in [-0.2, 0) is 28.6 Å². The zero-order chi connectivity index (χ0) is 42.9. The molecule has 0 aromatic heterocycles. The van der Waals surface area contributed by atoms with E-state index < -0.39 is 59.3 Å². The molecular weight excluding hydrogens is 733 g/mol. The largest absolute Gasteiger partial charge is 0.459 e. The minimum atomic E-state index is -1.51. The average Bonchev–Trinajstić information content (AvgIpc) is 3.18. The number of aliphatic imine (C=N–C) groups is 1. The van der Waals surface area contributed by atoms with Gasteiger partial charge in [0.05, 0.1) is 12.2 Å². The van der Waals surface area contributed by atoms with Gasteiger partial charge in [-0.3, -0.25) is 14.4 Å². The van der Waals surface area contributed by atoms with E-state index in [9.17, 15) is 24.6 Å². The number of aliphatic hydroxyl groups excluding tert-OH is 1. The smallest absolute Gasteiger partial charge is 0.316 e. The summed E-state index contributed by atoms with van der Waals surface area (Å²) in [7, 11) is 2.06. The summed E-state index contributed by atoms with van der Waals surface area (Å²) in [5.74, 6) is -4.48. The predicted octanol–water partition coefficient (Wildman–Crippen LogP) is 8.24. The predicted molar refractivity (Wildman–Crippen MR) is 230 cm³/mol. The molecule has 0 radical (unpaired) electrons. The number of hydrogen-bond acceptors (Lipinski definition) is 9. The second-order valence-electron chi connectivity index (χ2n) is 18.4. The summed E-state index contributed by atoms with van der Waals surface area (Å²) < 4.78 is 19.6. The molecule has 58 heavy (non-hydrogen) atoms. The maximum atomic E-state index is 14.6. The molecule has 3 aliphatic rings. The third-order valence-corrected chi connectivity index (χ3v) is 13.4. The van der Waals surface area contributed by atoms with Gasteiger partial charge in [0.15, 0.2) is 12.1 Å². The van der Waals surface area contributed by atoms with Gasteiger partial charge >= 0.3 is 5.97 Å². The highest BCUT2D eigenvalue weighted by atomic mass is 16.7. The van der Waals surface area contributed by atoms with Crippen molar-refractivity contribution in [3.8, 4) is 0 Å². The van der Waals surface area contributed by atoms with Gasteiger partial charge in [-0.1, -0.05) is 95.7 Å². The highest BCUT2D eigenvalue weighted by Crippen LogP contribution is 2.47. The normalized spacial score (nSPS) is 38.7. The number of benzene rings is 1. The van der Waals surface area contributed by atoms with Crippen molar-refractivity contribution in [1.82, 2.24) is 4.90 Å². The molecule has 1 aromatic rings. The van der Waals surface area contributed by atoms with Crippen molar-refractivity contribution < 1.29 is 38.8 Å². The summed E-state index contributed by atoms with van der Waals surface area (Å²) in [6, 6.07) is 10.1. The van der Waals surface area contributed by atoms with Gasteiger partial charge in [-0.2, -0.15) is 0 Å². The number of fused-ring (bicyclic) bond motifs is 5. The Bertz CT molecular complexity index is 1620. The molecule has 4 rings (SSSR count). The Labute approximate surface area is 348 Å². The molecule has 2 N–H and O–H groups in total. The molecule has 1 saturated carbocycles. The lowest BCUT2D eigenvalue weighted by Crippen LogP contribution is -2.55. The van der Waals surface area contributed by atoms with Gasteiger partial charge < -0.3 is 29.3 Å². The van der Waals surface area contributed by atoms with E-state index in [1.807, 2.05) is 45.9 Å². The van der Waals surface area contributed by atoms with Gasteiger partial charge in [-0.05, 0) is 109 Å². The molecule has 1 aliphatic carbocycles. The Morgan fingerprint density at radius 2 is 1.74 bits per heavy atom. The van der Waals surface area contributed by atoms with E-state index in [0.717, 1.165) is 18.5 Å². The van der Waals surface area contributed by atoms with Crippen LogP contribution < -0.4 is 0 Å². The van der Waals surface area contributed by atoms with Crippen LogP contribution in [0, 0.1) is 40.9 Å². The number of carbonyl (C=O) groups excluding carboxylic acids is 3. The van der Waals surface area contributed by atoms with Gasteiger partial charge in [0, 0.05) is 36.9 Å². The maximum absolute atomic E-state index is 14.6. The maximum Gasteiger partial charge on any atom is 0.316 e. The van der Waals surface area contributed by atoms with E-state index in [1.165, 1.54) is 12.5 Å². The standard InChI is InChI=1S/C48H74N2O8/c1-12-26-50(11)29-38-27-31(4)56-46(43(38)53)58-44-33(6)42(52)34(7)45(54)57-40(13-2)48(10,55)39-23-22-37(21-17-20-36-18-15-14-16-19-36)24-25-47(44,9)28-30(3)41(32(39)5)49-35(8)51/h14-21,30-34,38-40,43-44,46,53,55H,12-13,22-29H2,1-11H3/b20-17+,37-21+,49-41?/t30-,31-,32-,33+,34?,38-,39-,40-,43-,44-,46+,47-,48+/m1/s1. The number of Topliss-reactive ketones (excluding diaryl/α,β-unsaturated/α-hetero) is 1. The van der Waals surface area contributed by atoms with Crippen LogP contribution in [0.5, 0.6) is 0 Å². The van der Waals surface area contributed by atoms with Crippen LogP contribution in [0.3, 0.4) is 0 Å². The van der Waals surface area contributed by atoms with E-state index in [-0.39, 0.29) is 35.5 Å². The highest BCUT2D eigenvalue weighted by molar-refractivity contribution is 6.00. The summed E-state index contributed by atoms with van der Waals surface area (Å²) in [4.78, 5) is 48.4. The van der Waals surface area contributed by atoms with Crippen LogP contribution in [0.15, 0.2) is 53.0 Å². The lowest BCUT2D eigenvalue weighted by atomic mass is 9.65. The topological polar surface area (TPSA) is 135 Å². The molecule has 2 heterocycles. The number of allylic oxidation sites excluding steroid dienone is 3. The van der Waals surface area contributed by atoms with Crippen molar-refractivity contribution >= 4 is 29.4 Å². The second-order valence-corrected chi connectivity index (χ2v) is 18.4. The Morgan fingerprint density at radius 3 is 2.38 bits per heavy atom. The Balaban J connectivity index is 1.94. The Kier molecular flexibility index (Phi) is 17.2. The van der Waals surface area contributed by atoms with Crippen molar-refractivity contribution in [3.05, 3.63) is 53.6 Å². The van der Waals surface area contributed by atoms with E-state index in [4.69, 9.17) is 14.2 Å². The molecule has 1 aromatic carbocycles. The van der Waals surface area contributed by atoms with Crippen LogP contribution in [-0.4, -0.2) is 94.9 Å². The number of ether oxygens (including phenoxy) is 3. The zero-order valence-corrected chi connectivity index (χ0v) is 37.3. The highest BCUT2D eigenvalue weighted by Gasteiger charge is 2.51. The number of rotatable bonds is 9. The van der Waals surface area contributed by atoms with Crippen LogP contribution in [0.2, 0.25) is 0 Å². The van der Waals surface area contributed by atoms with E-state index in [2.05, 4.69) is 68.1 Å². The quantitative estimate of drug-likeness (QED) is 0.187. The minimum Gasteiger partial charge on any atom is -0.459 e. The van der Waals surface area contributed by atoms with E-state index in [1.54, 1.807) is 13.8 Å². The molecule has 324 valence electrons. The van der Waals surface area contributed by atoms with Crippen molar-refractivity contribution in [3.63, 3.8) is 0 Å². The number of aliphatic hydroxyl groups is 2. The first kappa shape index (κ1) is 47.7. The Hall–Kier alpha value is -3.02. The number of esters is 1. The fourth-order valence-corrected chi connectivity index (χ4v) is 10.3. The number of hydrogen-bond donors (Lipinski definition) is 2. The summed E-state index contributed by atoms with van der Waals surface area (Å²) in [5.41, 5.74) is 0.661. The number of nitrogens with zero attached hydrogens (tertiary/aromatic N) is 2. The fourth-order valence-electron chi connectivity index (χ4n) is 10.3. The van der Waals surface area contributed by atoms with Crippen molar-refractivity contribution in [2.24, 2.45) is 45.9 Å². The van der Waals surface area contributed by atoms with E-state index >= 15 is 0 Å². The SMILES string of the molecule is CCCN(C)C[C@H]1C[C@@H](C)O[C@@H](O[C@@H]2[C@@H](C)C(=O)C(C)C(=O)O[C@H](CC)[C@@](C)(O)[C@@H]3CC/C(=C\C=C\c4ccccc4)CC[C@]2(C)C[C@@H](C)C(=NC(C)=O)[C@@H]3C)[C@@H]1O. The molecule has 2 bridgehead atoms. The van der Waals surface area contributed by atoms with Crippen LogP contribution in [0.4, 0.5) is 0 Å². The minimum absolute atomic E-state index is 0.111. The molecule has 13 atom stereocenters. The number of carbonyl (C=O) groups is 3. The van der Waals surface area contributed by atoms with Gasteiger partial charge in [0.2, 0.25) is 5.91 Å². The molecule has 2 aliphatic heterocycles. The van der Waals surface area contributed by atoms with E-state index in [0.29, 0.717) is 57.2 Å². The lowest BCUT2D eigenvalue weighted by Gasteiger charge is -2.48. The molecule has 0 spiro atoms. The number of amides is 1. The molecule has 10 nitrogen and oxygen atoms in total. The van der Waals surface area contributed by atoms with Crippen molar-refractivity contribution in [2.45, 2.75) is 157 Å².